The van der Waals surface area contributed by atoms with Gasteiger partial charge in [0.15, 0.2) is 5.78 Å². The van der Waals surface area contributed by atoms with Crippen molar-refractivity contribution in [1.29, 1.82) is 0 Å². The van der Waals surface area contributed by atoms with Crippen LogP contribution in [0.1, 0.15) is 29.3 Å². The minimum atomic E-state index is -0.0120. The molecule has 0 spiro atoms. The molecule has 2 N–H and O–H groups in total. The summed E-state index contributed by atoms with van der Waals surface area (Å²) in [5, 5.41) is 0. The van der Waals surface area contributed by atoms with Gasteiger partial charge in [0.1, 0.15) is 5.75 Å². The van der Waals surface area contributed by atoms with Gasteiger partial charge in [0.25, 0.3) is 0 Å². The number of nitrogen functional groups attached to an aromatic ring is 1. The van der Waals surface area contributed by atoms with Gasteiger partial charge < -0.3 is 10.5 Å². The molecule has 0 radical (unpaired) electrons. The molecule has 2 aromatic carbocycles. The standard InChI is InChI=1S/C16H17NO2/c1-2-11-19-15-9-5-13(6-10-15)16(18)12-3-7-14(17)8-4-12/h3-10H,2,11,17H2,1H3. The highest BCUT2D eigenvalue weighted by atomic mass is 16.5. The predicted molar refractivity (Wildman–Crippen MR) is 76.5 cm³/mol. The van der Waals surface area contributed by atoms with Gasteiger partial charge >= 0.3 is 0 Å². The maximum absolute atomic E-state index is 12.2. The summed E-state index contributed by atoms with van der Waals surface area (Å²) < 4.78 is 5.48. The van der Waals surface area contributed by atoms with E-state index >= 15 is 0 Å². The third-order valence-electron chi connectivity index (χ3n) is 2.76. The SMILES string of the molecule is CCCOc1ccc(C(=O)c2ccc(N)cc2)cc1. The number of anilines is 1. The Bertz CT molecular complexity index is 544. The van der Waals surface area contributed by atoms with Crippen LogP contribution in [0.3, 0.4) is 0 Å². The number of benzene rings is 2. The molecule has 0 heterocycles. The topological polar surface area (TPSA) is 52.3 Å². The highest BCUT2D eigenvalue weighted by molar-refractivity contribution is 6.09. The van der Waals surface area contributed by atoms with E-state index in [-0.39, 0.29) is 5.78 Å². The van der Waals surface area contributed by atoms with Crippen LogP contribution in [0.25, 0.3) is 0 Å². The third-order valence-corrected chi connectivity index (χ3v) is 2.76. The van der Waals surface area contributed by atoms with Crippen molar-refractivity contribution in [2.75, 3.05) is 12.3 Å². The Kier molecular flexibility index (Phi) is 4.18. The van der Waals surface area contributed by atoms with Crippen LogP contribution in [0.4, 0.5) is 5.69 Å². The quantitative estimate of drug-likeness (QED) is 0.659. The normalized spacial score (nSPS) is 10.2. The third kappa shape index (κ3) is 3.35. The second-order valence-electron chi connectivity index (χ2n) is 4.32. The number of rotatable bonds is 5. The number of ether oxygens (including phenoxy) is 1. The van der Waals surface area contributed by atoms with Crippen molar-refractivity contribution in [2.45, 2.75) is 13.3 Å². The van der Waals surface area contributed by atoms with Gasteiger partial charge in [-0.25, -0.2) is 0 Å². The van der Waals surface area contributed by atoms with E-state index in [9.17, 15) is 4.79 Å². The number of carbonyl (C=O) groups is 1. The second kappa shape index (κ2) is 6.05. The summed E-state index contributed by atoms with van der Waals surface area (Å²) in [6.07, 6.45) is 0.964. The van der Waals surface area contributed by atoms with Gasteiger partial charge in [-0.2, -0.15) is 0 Å². The largest absolute Gasteiger partial charge is 0.494 e. The van der Waals surface area contributed by atoms with Crippen LogP contribution in [0, 0.1) is 0 Å². The van der Waals surface area contributed by atoms with Gasteiger partial charge in [0, 0.05) is 16.8 Å². The van der Waals surface area contributed by atoms with Crippen LogP contribution in [0.15, 0.2) is 48.5 Å². The van der Waals surface area contributed by atoms with Crippen LogP contribution in [0.2, 0.25) is 0 Å². The average Bonchev–Trinajstić information content (AvgIpc) is 2.46. The van der Waals surface area contributed by atoms with Crippen LogP contribution in [-0.4, -0.2) is 12.4 Å². The van der Waals surface area contributed by atoms with E-state index in [1.807, 2.05) is 12.1 Å². The predicted octanol–water partition coefficient (Wildman–Crippen LogP) is 3.29. The number of hydrogen-bond acceptors (Lipinski definition) is 3. The summed E-state index contributed by atoms with van der Waals surface area (Å²) in [7, 11) is 0. The fourth-order valence-electron chi connectivity index (χ4n) is 1.72. The zero-order valence-electron chi connectivity index (χ0n) is 10.9. The van der Waals surface area contributed by atoms with Gasteiger partial charge in [0.2, 0.25) is 0 Å². The summed E-state index contributed by atoms with van der Waals surface area (Å²) in [4.78, 5) is 12.2. The molecule has 0 atom stereocenters. The first-order valence-corrected chi connectivity index (χ1v) is 6.34. The lowest BCUT2D eigenvalue weighted by atomic mass is 10.0. The first kappa shape index (κ1) is 13.1. The molecule has 2 rings (SSSR count). The first-order chi connectivity index (χ1) is 9.20. The smallest absolute Gasteiger partial charge is 0.193 e. The molecular formula is C16H17NO2. The minimum absolute atomic E-state index is 0.0120. The Morgan fingerprint density at radius 2 is 1.53 bits per heavy atom. The Labute approximate surface area is 113 Å². The molecule has 0 aliphatic heterocycles. The van der Waals surface area contributed by atoms with Gasteiger partial charge in [-0.05, 0) is 55.0 Å². The number of carbonyl (C=O) groups excluding carboxylic acids is 1. The van der Waals surface area contributed by atoms with E-state index in [0.29, 0.717) is 23.4 Å². The molecule has 0 saturated heterocycles. The Morgan fingerprint density at radius 1 is 1.00 bits per heavy atom. The molecule has 0 amide bonds. The van der Waals surface area contributed by atoms with E-state index in [1.54, 1.807) is 36.4 Å². The van der Waals surface area contributed by atoms with Gasteiger partial charge in [-0.1, -0.05) is 6.92 Å². The van der Waals surface area contributed by atoms with E-state index in [0.717, 1.165) is 12.2 Å². The Balaban J connectivity index is 2.13. The van der Waals surface area contributed by atoms with Crippen molar-refractivity contribution >= 4 is 11.5 Å². The van der Waals surface area contributed by atoms with Crippen LogP contribution in [-0.2, 0) is 0 Å². The van der Waals surface area contributed by atoms with E-state index in [2.05, 4.69) is 6.92 Å². The average molecular weight is 255 g/mol. The molecule has 19 heavy (non-hydrogen) atoms. The van der Waals surface area contributed by atoms with Crippen molar-refractivity contribution < 1.29 is 9.53 Å². The molecule has 3 heteroatoms. The van der Waals surface area contributed by atoms with Gasteiger partial charge in [0.05, 0.1) is 6.61 Å². The number of hydrogen-bond donors (Lipinski definition) is 1. The molecule has 98 valence electrons. The lowest BCUT2D eigenvalue weighted by Gasteiger charge is -2.06. The summed E-state index contributed by atoms with van der Waals surface area (Å²) >= 11 is 0. The zero-order valence-corrected chi connectivity index (χ0v) is 10.9. The fraction of sp³-hybridized carbons (Fsp3) is 0.188. The molecular weight excluding hydrogens is 238 g/mol. The maximum atomic E-state index is 12.2. The lowest BCUT2D eigenvalue weighted by Crippen LogP contribution is -2.02. The lowest BCUT2D eigenvalue weighted by molar-refractivity contribution is 0.103. The minimum Gasteiger partial charge on any atom is -0.494 e. The van der Waals surface area contributed by atoms with Crippen LogP contribution < -0.4 is 10.5 Å². The molecule has 0 aliphatic carbocycles. The van der Waals surface area contributed by atoms with Crippen molar-refractivity contribution in [3.05, 3.63) is 59.7 Å². The first-order valence-electron chi connectivity index (χ1n) is 6.34. The Morgan fingerprint density at radius 3 is 2.05 bits per heavy atom. The fourth-order valence-corrected chi connectivity index (χ4v) is 1.72. The highest BCUT2D eigenvalue weighted by Crippen LogP contribution is 2.16. The molecule has 0 aromatic heterocycles. The second-order valence-corrected chi connectivity index (χ2v) is 4.32. The van der Waals surface area contributed by atoms with E-state index in [1.165, 1.54) is 0 Å². The zero-order chi connectivity index (χ0) is 13.7. The number of nitrogens with two attached hydrogens (primary N) is 1. The molecule has 0 unspecified atom stereocenters. The molecule has 0 fully saturated rings. The summed E-state index contributed by atoms with van der Waals surface area (Å²) in [5.41, 5.74) is 7.54. The van der Waals surface area contributed by atoms with Crippen LogP contribution in [0.5, 0.6) is 5.75 Å². The number of ketones is 1. The summed E-state index contributed by atoms with van der Waals surface area (Å²) in [6, 6.07) is 14.1. The van der Waals surface area contributed by atoms with E-state index < -0.39 is 0 Å². The highest BCUT2D eigenvalue weighted by Gasteiger charge is 2.08. The summed E-state index contributed by atoms with van der Waals surface area (Å²) in [6.45, 7) is 2.74. The maximum Gasteiger partial charge on any atom is 0.193 e. The van der Waals surface area contributed by atoms with Crippen molar-refractivity contribution in [1.82, 2.24) is 0 Å². The summed E-state index contributed by atoms with van der Waals surface area (Å²) in [5.74, 6) is 0.776. The molecule has 0 saturated carbocycles. The molecule has 0 bridgehead atoms. The van der Waals surface area contributed by atoms with Gasteiger partial charge in [-0.15, -0.1) is 0 Å². The molecule has 0 aliphatic rings. The monoisotopic (exact) mass is 255 g/mol. The van der Waals surface area contributed by atoms with Crippen LogP contribution >= 0.6 is 0 Å². The molecule has 3 nitrogen and oxygen atoms in total. The van der Waals surface area contributed by atoms with E-state index in [4.69, 9.17) is 10.5 Å². The Hall–Kier alpha value is -2.29. The van der Waals surface area contributed by atoms with Crippen molar-refractivity contribution in [3.63, 3.8) is 0 Å². The van der Waals surface area contributed by atoms with Crippen molar-refractivity contribution in [3.8, 4) is 5.75 Å². The van der Waals surface area contributed by atoms with Gasteiger partial charge in [-0.3, -0.25) is 4.79 Å². The molecule has 2 aromatic rings. The van der Waals surface area contributed by atoms with Crippen molar-refractivity contribution in [2.24, 2.45) is 0 Å².